The third-order valence-electron chi connectivity index (χ3n) is 2.13. The second kappa shape index (κ2) is 3.71. The predicted octanol–water partition coefficient (Wildman–Crippen LogP) is 1.16. The molecule has 1 heterocycles. The van der Waals surface area contributed by atoms with Gasteiger partial charge in [-0.3, -0.25) is 0 Å². The average Bonchev–Trinajstić information content (AvgIpc) is 2.75. The van der Waals surface area contributed by atoms with Crippen LogP contribution in [0.25, 0.3) is 11.3 Å². The van der Waals surface area contributed by atoms with Crippen LogP contribution in [0.5, 0.6) is 17.2 Å². The number of aromatic carboxylic acids is 1. The van der Waals surface area contributed by atoms with E-state index in [4.69, 9.17) is 10.2 Å². The largest absolute Gasteiger partial charge is 0.504 e. The molecule has 7 nitrogen and oxygen atoms in total. The van der Waals surface area contributed by atoms with Crippen LogP contribution in [0.1, 0.15) is 10.6 Å². The molecule has 2 aromatic rings. The summed E-state index contributed by atoms with van der Waals surface area (Å²) in [6.45, 7) is 0. The van der Waals surface area contributed by atoms with Crippen LogP contribution in [0.2, 0.25) is 0 Å². The topological polar surface area (TPSA) is 124 Å². The molecule has 0 atom stereocenters. The highest BCUT2D eigenvalue weighted by Crippen LogP contribution is 2.41. The number of hydrogen-bond acceptors (Lipinski definition) is 6. The van der Waals surface area contributed by atoms with E-state index in [-0.39, 0.29) is 11.3 Å². The fourth-order valence-corrected chi connectivity index (χ4v) is 1.28. The van der Waals surface area contributed by atoms with Crippen LogP contribution in [-0.2, 0) is 0 Å². The van der Waals surface area contributed by atoms with Gasteiger partial charge in [-0.25, -0.2) is 4.79 Å². The van der Waals surface area contributed by atoms with Gasteiger partial charge in [0.2, 0.25) is 11.5 Å². The Hall–Kier alpha value is -2.70. The van der Waals surface area contributed by atoms with Crippen molar-refractivity contribution in [2.45, 2.75) is 0 Å². The van der Waals surface area contributed by atoms with Gasteiger partial charge in [0.1, 0.15) is 5.69 Å². The summed E-state index contributed by atoms with van der Waals surface area (Å²) in [6, 6.07) is 3.50. The number of carbonyl (C=O) groups is 1. The van der Waals surface area contributed by atoms with Gasteiger partial charge in [-0.15, -0.1) is 0 Å². The summed E-state index contributed by atoms with van der Waals surface area (Å²) in [5, 5.41) is 40.0. The Bertz CT molecular complexity index is 588. The lowest BCUT2D eigenvalue weighted by Crippen LogP contribution is -1.91. The first-order valence-electron chi connectivity index (χ1n) is 4.45. The summed E-state index contributed by atoms with van der Waals surface area (Å²) in [4.78, 5) is 10.6. The number of nitrogens with zero attached hydrogens (tertiary/aromatic N) is 1. The summed E-state index contributed by atoms with van der Waals surface area (Å²) in [6.07, 6.45) is 0. The Morgan fingerprint density at radius 1 is 1.18 bits per heavy atom. The zero-order valence-corrected chi connectivity index (χ0v) is 8.28. The highest BCUT2D eigenvalue weighted by molar-refractivity contribution is 5.86. The average molecular weight is 237 g/mol. The van der Waals surface area contributed by atoms with Gasteiger partial charge in [0.15, 0.2) is 11.5 Å². The van der Waals surface area contributed by atoms with E-state index in [1.165, 1.54) is 6.07 Å². The molecular formula is C10H7NO6. The number of rotatable bonds is 2. The summed E-state index contributed by atoms with van der Waals surface area (Å²) < 4.78 is 4.50. The van der Waals surface area contributed by atoms with Crippen LogP contribution in [0.3, 0.4) is 0 Å². The molecule has 2 rings (SSSR count). The van der Waals surface area contributed by atoms with Crippen molar-refractivity contribution >= 4 is 5.97 Å². The molecule has 1 aromatic carbocycles. The molecule has 0 amide bonds. The first-order chi connectivity index (χ1) is 8.00. The van der Waals surface area contributed by atoms with E-state index < -0.39 is 29.0 Å². The molecule has 0 saturated heterocycles. The van der Waals surface area contributed by atoms with Crippen molar-refractivity contribution in [2.24, 2.45) is 0 Å². The molecular weight excluding hydrogens is 230 g/mol. The van der Waals surface area contributed by atoms with E-state index in [2.05, 4.69) is 9.68 Å². The first-order valence-corrected chi connectivity index (χ1v) is 4.45. The number of phenols is 3. The zero-order chi connectivity index (χ0) is 12.6. The molecule has 0 aliphatic carbocycles. The number of carboxylic acids is 1. The minimum absolute atomic E-state index is 0.0372. The predicted molar refractivity (Wildman–Crippen MR) is 53.9 cm³/mol. The van der Waals surface area contributed by atoms with Gasteiger partial charge in [0.25, 0.3) is 0 Å². The van der Waals surface area contributed by atoms with Crippen LogP contribution in [-0.4, -0.2) is 31.6 Å². The van der Waals surface area contributed by atoms with Crippen LogP contribution in [0.15, 0.2) is 22.7 Å². The van der Waals surface area contributed by atoms with Crippen molar-refractivity contribution in [3.05, 3.63) is 24.0 Å². The standard InChI is InChI=1S/C10H7NO6/c12-6-2-1-4(8(13)9(6)14)5-3-7(10(15)16)17-11-5/h1-3,12-14H,(H,15,16). The maximum absolute atomic E-state index is 10.6. The number of aromatic hydroxyl groups is 3. The van der Waals surface area contributed by atoms with Gasteiger partial charge >= 0.3 is 5.97 Å². The van der Waals surface area contributed by atoms with Crippen LogP contribution >= 0.6 is 0 Å². The summed E-state index contributed by atoms with van der Waals surface area (Å²) >= 11 is 0. The molecule has 0 spiro atoms. The maximum Gasteiger partial charge on any atom is 0.374 e. The van der Waals surface area contributed by atoms with E-state index in [1.807, 2.05) is 0 Å². The van der Waals surface area contributed by atoms with Gasteiger partial charge < -0.3 is 24.9 Å². The molecule has 0 fully saturated rings. The molecule has 4 N–H and O–H groups in total. The van der Waals surface area contributed by atoms with Crippen molar-refractivity contribution in [3.63, 3.8) is 0 Å². The minimum Gasteiger partial charge on any atom is -0.504 e. The lowest BCUT2D eigenvalue weighted by molar-refractivity contribution is 0.0652. The van der Waals surface area contributed by atoms with E-state index in [0.717, 1.165) is 12.1 Å². The van der Waals surface area contributed by atoms with Crippen molar-refractivity contribution in [3.8, 4) is 28.5 Å². The third-order valence-corrected chi connectivity index (χ3v) is 2.13. The zero-order valence-electron chi connectivity index (χ0n) is 8.28. The molecule has 0 unspecified atom stereocenters. The number of aromatic nitrogens is 1. The van der Waals surface area contributed by atoms with Crippen LogP contribution in [0, 0.1) is 0 Å². The van der Waals surface area contributed by atoms with Crippen molar-refractivity contribution in [2.75, 3.05) is 0 Å². The Morgan fingerprint density at radius 3 is 2.47 bits per heavy atom. The fourth-order valence-electron chi connectivity index (χ4n) is 1.28. The van der Waals surface area contributed by atoms with E-state index in [0.29, 0.717) is 0 Å². The molecule has 1 aromatic heterocycles. The van der Waals surface area contributed by atoms with E-state index in [9.17, 15) is 15.0 Å². The number of phenolic OH excluding ortho intramolecular Hbond substituents is 3. The molecule has 0 radical (unpaired) electrons. The minimum atomic E-state index is -1.30. The van der Waals surface area contributed by atoms with Gasteiger partial charge in [-0.2, -0.15) is 0 Å². The highest BCUT2D eigenvalue weighted by atomic mass is 16.5. The number of carboxylic acid groups (broad SMARTS) is 1. The fraction of sp³-hybridized carbons (Fsp3) is 0. The summed E-state index contributed by atoms with van der Waals surface area (Å²) in [5.74, 6) is -3.50. The normalized spacial score (nSPS) is 10.4. The lowest BCUT2D eigenvalue weighted by atomic mass is 10.1. The Morgan fingerprint density at radius 2 is 1.88 bits per heavy atom. The monoisotopic (exact) mass is 237 g/mol. The molecule has 0 bridgehead atoms. The SMILES string of the molecule is O=C(O)c1cc(-c2ccc(O)c(O)c2O)no1. The van der Waals surface area contributed by atoms with E-state index in [1.54, 1.807) is 0 Å². The third kappa shape index (κ3) is 1.73. The van der Waals surface area contributed by atoms with Crippen molar-refractivity contribution in [1.82, 2.24) is 5.16 Å². The molecule has 7 heteroatoms. The molecule has 88 valence electrons. The maximum atomic E-state index is 10.6. The summed E-state index contributed by atoms with van der Waals surface area (Å²) in [7, 11) is 0. The van der Waals surface area contributed by atoms with Crippen LogP contribution in [0.4, 0.5) is 0 Å². The van der Waals surface area contributed by atoms with Crippen molar-refractivity contribution < 1.29 is 29.7 Å². The Labute approximate surface area is 94.2 Å². The quantitative estimate of drug-likeness (QED) is 0.577. The Kier molecular flexibility index (Phi) is 2.36. The van der Waals surface area contributed by atoms with Crippen molar-refractivity contribution in [1.29, 1.82) is 0 Å². The molecule has 0 saturated carbocycles. The second-order valence-corrected chi connectivity index (χ2v) is 3.21. The van der Waals surface area contributed by atoms with Gasteiger partial charge in [-0.1, -0.05) is 5.16 Å². The molecule has 0 aliphatic rings. The van der Waals surface area contributed by atoms with E-state index >= 15 is 0 Å². The summed E-state index contributed by atoms with van der Waals surface area (Å²) in [5.41, 5.74) is 0.0896. The lowest BCUT2D eigenvalue weighted by Gasteiger charge is -2.04. The highest BCUT2D eigenvalue weighted by Gasteiger charge is 2.18. The number of benzene rings is 1. The second-order valence-electron chi connectivity index (χ2n) is 3.21. The Balaban J connectivity index is 2.53. The number of hydrogen-bond donors (Lipinski definition) is 4. The van der Waals surface area contributed by atoms with Gasteiger partial charge in [0.05, 0.1) is 0 Å². The smallest absolute Gasteiger partial charge is 0.374 e. The molecule has 0 aliphatic heterocycles. The van der Waals surface area contributed by atoms with Gasteiger partial charge in [-0.05, 0) is 12.1 Å². The first kappa shape index (κ1) is 10.8. The van der Waals surface area contributed by atoms with Crippen LogP contribution < -0.4 is 0 Å². The molecule has 17 heavy (non-hydrogen) atoms. The van der Waals surface area contributed by atoms with Gasteiger partial charge in [0, 0.05) is 11.6 Å².